The lowest BCUT2D eigenvalue weighted by atomic mass is 9.94. The van der Waals surface area contributed by atoms with Crippen molar-refractivity contribution in [3.8, 4) is 0 Å². The fraction of sp³-hybridized carbons (Fsp3) is 0.550. The highest BCUT2D eigenvalue weighted by molar-refractivity contribution is 5.94. The van der Waals surface area contributed by atoms with Crippen LogP contribution in [0.3, 0.4) is 0 Å². The van der Waals surface area contributed by atoms with Gasteiger partial charge in [0, 0.05) is 31.1 Å². The molecule has 0 unspecified atom stereocenters. The number of carbonyl (C=O) groups is 3. The third kappa shape index (κ3) is 3.74. The highest BCUT2D eigenvalue weighted by Crippen LogP contribution is 2.26. The number of carbonyl (C=O) groups excluding carboxylic acids is 3. The molecule has 3 rings (SSSR count). The van der Waals surface area contributed by atoms with Gasteiger partial charge < -0.3 is 15.5 Å². The van der Waals surface area contributed by atoms with Gasteiger partial charge in [0.05, 0.1) is 0 Å². The molecule has 3 amide bonds. The van der Waals surface area contributed by atoms with Gasteiger partial charge in [-0.1, -0.05) is 19.1 Å². The van der Waals surface area contributed by atoms with Crippen molar-refractivity contribution in [2.75, 3.05) is 19.6 Å². The van der Waals surface area contributed by atoms with Gasteiger partial charge in [-0.15, -0.1) is 0 Å². The van der Waals surface area contributed by atoms with Crippen LogP contribution in [0, 0.1) is 5.92 Å². The van der Waals surface area contributed by atoms with Crippen molar-refractivity contribution in [2.24, 2.45) is 11.7 Å². The molecule has 2 saturated heterocycles. The van der Waals surface area contributed by atoms with E-state index in [0.29, 0.717) is 44.5 Å². The molecule has 0 bridgehead atoms. The predicted octanol–water partition coefficient (Wildman–Crippen LogP) is 1.58. The van der Waals surface area contributed by atoms with Gasteiger partial charge in [0.2, 0.25) is 11.8 Å². The van der Waals surface area contributed by atoms with E-state index in [4.69, 9.17) is 5.73 Å². The number of amides is 3. The van der Waals surface area contributed by atoms with E-state index in [1.165, 1.54) is 5.56 Å². The second-order valence-electron chi connectivity index (χ2n) is 7.21. The molecule has 0 spiro atoms. The maximum Gasteiger partial charge on any atom is 0.253 e. The second-order valence-corrected chi connectivity index (χ2v) is 7.21. The van der Waals surface area contributed by atoms with Crippen molar-refractivity contribution < 1.29 is 14.4 Å². The Kier molecular flexibility index (Phi) is 5.59. The maximum atomic E-state index is 12.7. The first-order valence-corrected chi connectivity index (χ1v) is 9.49. The third-order valence-corrected chi connectivity index (χ3v) is 5.60. The normalized spacial score (nSPS) is 21.0. The van der Waals surface area contributed by atoms with Gasteiger partial charge in [0.15, 0.2) is 0 Å². The standard InChI is InChI=1S/C20H27N3O3/c1-2-14-5-7-15(8-6-14)19(25)22-12-9-16(10-13-22)20(26)23-11-3-4-17(23)18(21)24/h5-8,16-17H,2-4,9-13H2,1H3,(H2,21,24)/t17-/m0/s1. The largest absolute Gasteiger partial charge is 0.368 e. The van der Waals surface area contributed by atoms with Gasteiger partial charge in [0.25, 0.3) is 5.91 Å². The summed E-state index contributed by atoms with van der Waals surface area (Å²) in [6.07, 6.45) is 3.71. The van der Waals surface area contributed by atoms with Crippen LogP contribution in [0.5, 0.6) is 0 Å². The summed E-state index contributed by atoms with van der Waals surface area (Å²) in [5, 5.41) is 0. The van der Waals surface area contributed by atoms with Gasteiger partial charge in [-0.05, 0) is 49.8 Å². The summed E-state index contributed by atoms with van der Waals surface area (Å²) in [5.74, 6) is -0.499. The van der Waals surface area contributed by atoms with Crippen LogP contribution in [0.2, 0.25) is 0 Å². The van der Waals surface area contributed by atoms with E-state index in [2.05, 4.69) is 6.92 Å². The van der Waals surface area contributed by atoms with Crippen LogP contribution in [0.15, 0.2) is 24.3 Å². The van der Waals surface area contributed by atoms with Gasteiger partial charge in [-0.25, -0.2) is 0 Å². The lowest BCUT2D eigenvalue weighted by Gasteiger charge is -2.34. The minimum Gasteiger partial charge on any atom is -0.368 e. The molecule has 0 aliphatic carbocycles. The Labute approximate surface area is 154 Å². The summed E-state index contributed by atoms with van der Waals surface area (Å²) in [4.78, 5) is 40.4. The molecule has 6 heteroatoms. The summed E-state index contributed by atoms with van der Waals surface area (Å²) in [6, 6.07) is 7.27. The van der Waals surface area contributed by atoms with Gasteiger partial charge in [-0.2, -0.15) is 0 Å². The molecule has 2 aliphatic heterocycles. The number of rotatable bonds is 4. The Hall–Kier alpha value is -2.37. The number of nitrogens with zero attached hydrogens (tertiary/aromatic N) is 2. The van der Waals surface area contributed by atoms with Gasteiger partial charge >= 0.3 is 0 Å². The summed E-state index contributed by atoms with van der Waals surface area (Å²) < 4.78 is 0. The molecular weight excluding hydrogens is 330 g/mol. The molecule has 1 atom stereocenters. The van der Waals surface area contributed by atoms with Crippen LogP contribution in [0.1, 0.15) is 48.5 Å². The Morgan fingerprint density at radius 3 is 2.27 bits per heavy atom. The van der Waals surface area contributed by atoms with Crippen molar-refractivity contribution in [3.05, 3.63) is 35.4 Å². The SMILES string of the molecule is CCc1ccc(C(=O)N2CCC(C(=O)N3CCC[C@H]3C(N)=O)CC2)cc1. The first-order valence-electron chi connectivity index (χ1n) is 9.49. The Balaban J connectivity index is 1.57. The Bertz CT molecular complexity index is 678. The molecule has 1 aromatic rings. The zero-order valence-electron chi connectivity index (χ0n) is 15.3. The summed E-state index contributed by atoms with van der Waals surface area (Å²) in [7, 11) is 0. The molecule has 2 fully saturated rings. The fourth-order valence-corrected chi connectivity index (χ4v) is 3.96. The molecular formula is C20H27N3O3. The monoisotopic (exact) mass is 357 g/mol. The molecule has 6 nitrogen and oxygen atoms in total. The molecule has 26 heavy (non-hydrogen) atoms. The quantitative estimate of drug-likeness (QED) is 0.888. The van der Waals surface area contributed by atoms with Crippen LogP contribution < -0.4 is 5.73 Å². The first kappa shape index (κ1) is 18.4. The Morgan fingerprint density at radius 1 is 1.04 bits per heavy atom. The minimum absolute atomic E-state index is 0.0192. The van der Waals surface area contributed by atoms with Gasteiger partial charge in [0.1, 0.15) is 6.04 Å². The number of hydrogen-bond donors (Lipinski definition) is 1. The van der Waals surface area contributed by atoms with E-state index in [-0.39, 0.29) is 17.7 Å². The number of piperidine rings is 1. The molecule has 0 saturated carbocycles. The van der Waals surface area contributed by atoms with Crippen molar-refractivity contribution in [2.45, 2.75) is 45.1 Å². The number of benzene rings is 1. The van der Waals surface area contributed by atoms with E-state index < -0.39 is 11.9 Å². The maximum absolute atomic E-state index is 12.7. The molecule has 1 aromatic carbocycles. The van der Waals surface area contributed by atoms with E-state index in [1.54, 1.807) is 4.90 Å². The third-order valence-electron chi connectivity index (χ3n) is 5.60. The van der Waals surface area contributed by atoms with E-state index in [1.807, 2.05) is 29.2 Å². The number of primary amides is 1. The van der Waals surface area contributed by atoms with E-state index in [9.17, 15) is 14.4 Å². The highest BCUT2D eigenvalue weighted by Gasteiger charge is 2.37. The predicted molar refractivity (Wildman–Crippen MR) is 98.4 cm³/mol. The number of aryl methyl sites for hydroxylation is 1. The second kappa shape index (κ2) is 7.89. The van der Waals surface area contributed by atoms with Crippen molar-refractivity contribution >= 4 is 17.7 Å². The first-order chi connectivity index (χ1) is 12.5. The molecule has 0 aromatic heterocycles. The lowest BCUT2D eigenvalue weighted by Crippen LogP contribution is -2.49. The highest BCUT2D eigenvalue weighted by atomic mass is 16.2. The zero-order valence-corrected chi connectivity index (χ0v) is 15.3. The van der Waals surface area contributed by atoms with Crippen molar-refractivity contribution in [1.29, 1.82) is 0 Å². The fourth-order valence-electron chi connectivity index (χ4n) is 3.96. The summed E-state index contributed by atoms with van der Waals surface area (Å²) >= 11 is 0. The van der Waals surface area contributed by atoms with E-state index in [0.717, 1.165) is 12.8 Å². The van der Waals surface area contributed by atoms with Crippen molar-refractivity contribution in [1.82, 2.24) is 9.80 Å². The average molecular weight is 357 g/mol. The van der Waals surface area contributed by atoms with Crippen LogP contribution in [-0.2, 0) is 16.0 Å². The number of likely N-dealkylation sites (tertiary alicyclic amines) is 2. The zero-order chi connectivity index (χ0) is 18.7. The van der Waals surface area contributed by atoms with Crippen LogP contribution in [0.25, 0.3) is 0 Å². The molecule has 140 valence electrons. The lowest BCUT2D eigenvalue weighted by molar-refractivity contribution is -0.141. The van der Waals surface area contributed by atoms with Crippen LogP contribution in [-0.4, -0.2) is 53.2 Å². The molecule has 2 aliphatic rings. The number of nitrogens with two attached hydrogens (primary N) is 1. The van der Waals surface area contributed by atoms with Crippen molar-refractivity contribution in [3.63, 3.8) is 0 Å². The Morgan fingerprint density at radius 2 is 1.69 bits per heavy atom. The smallest absolute Gasteiger partial charge is 0.253 e. The average Bonchev–Trinajstić information content (AvgIpc) is 3.17. The molecule has 0 radical (unpaired) electrons. The molecule has 2 heterocycles. The number of hydrogen-bond acceptors (Lipinski definition) is 3. The van der Waals surface area contributed by atoms with Crippen LogP contribution in [0.4, 0.5) is 0 Å². The van der Waals surface area contributed by atoms with Gasteiger partial charge in [-0.3, -0.25) is 14.4 Å². The van der Waals surface area contributed by atoms with Crippen LogP contribution >= 0.6 is 0 Å². The summed E-state index contributed by atoms with van der Waals surface area (Å²) in [6.45, 7) is 3.83. The molecule has 2 N–H and O–H groups in total. The minimum atomic E-state index is -0.459. The summed E-state index contributed by atoms with van der Waals surface area (Å²) in [5.41, 5.74) is 7.32. The van der Waals surface area contributed by atoms with E-state index >= 15 is 0 Å². The topological polar surface area (TPSA) is 83.7 Å².